The Labute approximate surface area is 148 Å². The molecule has 0 aliphatic heterocycles. The molecule has 0 radical (unpaired) electrons. The fraction of sp³-hybridized carbons (Fsp3) is 0. The largest absolute Gasteiger partial charge is 0.450 e. The Kier molecular flexibility index (Phi) is 5.19. The topological polar surface area (TPSA) is 76.8 Å². The number of para-hydroxylation sites is 1. The summed E-state index contributed by atoms with van der Waals surface area (Å²) in [4.78, 5) is 10.8. The van der Waals surface area contributed by atoms with E-state index in [2.05, 4.69) is 10.5 Å². The van der Waals surface area contributed by atoms with Crippen LogP contribution in [0.4, 0.5) is 15.8 Å². The van der Waals surface area contributed by atoms with Crippen LogP contribution in [0, 0.1) is 15.9 Å². The van der Waals surface area contributed by atoms with E-state index in [1.807, 2.05) is 30.3 Å². The Bertz CT molecular complexity index is 929. The number of nitro groups is 1. The number of hydrogen-bond acceptors (Lipinski definition) is 5. The predicted molar refractivity (Wildman–Crippen MR) is 97.2 cm³/mol. The number of hydrazone groups is 1. The van der Waals surface area contributed by atoms with Crippen LogP contribution in [0.3, 0.4) is 0 Å². The monoisotopic (exact) mass is 351 g/mol. The third kappa shape index (κ3) is 4.41. The Balaban J connectivity index is 1.78. The Morgan fingerprint density at radius 2 is 1.77 bits per heavy atom. The predicted octanol–water partition coefficient (Wildman–Crippen LogP) is 4.97. The number of ether oxygens (including phenoxy) is 1. The Morgan fingerprint density at radius 3 is 2.46 bits per heavy atom. The summed E-state index contributed by atoms with van der Waals surface area (Å²) < 4.78 is 18.4. The molecule has 0 spiro atoms. The van der Waals surface area contributed by atoms with Crippen molar-refractivity contribution in [1.82, 2.24) is 0 Å². The van der Waals surface area contributed by atoms with Gasteiger partial charge in [0.1, 0.15) is 11.6 Å². The van der Waals surface area contributed by atoms with E-state index < -0.39 is 10.7 Å². The SMILES string of the molecule is O=[N+]([O-])c1cc(C=NNc2ccccc2)ccc1Oc1ccc(F)cc1. The van der Waals surface area contributed by atoms with Gasteiger partial charge in [0.2, 0.25) is 5.75 Å². The van der Waals surface area contributed by atoms with Gasteiger partial charge in [-0.25, -0.2) is 4.39 Å². The highest BCUT2D eigenvalue weighted by Crippen LogP contribution is 2.31. The minimum Gasteiger partial charge on any atom is -0.450 e. The van der Waals surface area contributed by atoms with Gasteiger partial charge in [0.15, 0.2) is 0 Å². The highest BCUT2D eigenvalue weighted by Gasteiger charge is 2.16. The average molecular weight is 351 g/mol. The highest BCUT2D eigenvalue weighted by molar-refractivity contribution is 5.82. The molecule has 130 valence electrons. The molecule has 0 aromatic heterocycles. The van der Waals surface area contributed by atoms with Crippen LogP contribution >= 0.6 is 0 Å². The quantitative estimate of drug-likeness (QED) is 0.386. The highest BCUT2D eigenvalue weighted by atomic mass is 19.1. The molecule has 3 rings (SSSR count). The van der Waals surface area contributed by atoms with E-state index in [0.29, 0.717) is 11.3 Å². The van der Waals surface area contributed by atoms with E-state index in [9.17, 15) is 14.5 Å². The molecule has 0 fully saturated rings. The Hall–Kier alpha value is -3.74. The van der Waals surface area contributed by atoms with Crippen molar-refractivity contribution in [3.05, 3.63) is 94.3 Å². The van der Waals surface area contributed by atoms with Crippen LogP contribution in [-0.4, -0.2) is 11.1 Å². The van der Waals surface area contributed by atoms with Crippen LogP contribution in [0.5, 0.6) is 11.5 Å². The number of benzene rings is 3. The van der Waals surface area contributed by atoms with Gasteiger partial charge >= 0.3 is 5.69 Å². The van der Waals surface area contributed by atoms with Crippen molar-refractivity contribution in [3.8, 4) is 11.5 Å². The molecule has 3 aromatic carbocycles. The zero-order valence-corrected chi connectivity index (χ0v) is 13.5. The molecule has 0 amide bonds. The third-order valence-corrected chi connectivity index (χ3v) is 3.40. The zero-order chi connectivity index (χ0) is 18.4. The fourth-order valence-electron chi connectivity index (χ4n) is 2.17. The first-order valence-electron chi connectivity index (χ1n) is 7.68. The second-order valence-corrected chi connectivity index (χ2v) is 5.28. The maximum atomic E-state index is 12.9. The summed E-state index contributed by atoms with van der Waals surface area (Å²) in [5.74, 6) is -0.0410. The summed E-state index contributed by atoms with van der Waals surface area (Å²) in [6, 6.07) is 19.0. The van der Waals surface area contributed by atoms with Crippen LogP contribution < -0.4 is 10.2 Å². The first-order valence-corrected chi connectivity index (χ1v) is 7.68. The second-order valence-electron chi connectivity index (χ2n) is 5.28. The van der Waals surface area contributed by atoms with Gasteiger partial charge < -0.3 is 4.74 Å². The second kappa shape index (κ2) is 7.89. The van der Waals surface area contributed by atoms with Gasteiger partial charge in [0, 0.05) is 11.6 Å². The number of nitrogens with zero attached hydrogens (tertiary/aromatic N) is 2. The van der Waals surface area contributed by atoms with Gasteiger partial charge in [-0.2, -0.15) is 5.10 Å². The lowest BCUT2D eigenvalue weighted by molar-refractivity contribution is -0.385. The van der Waals surface area contributed by atoms with Gasteiger partial charge in [-0.3, -0.25) is 15.5 Å². The van der Waals surface area contributed by atoms with Gasteiger partial charge in [-0.15, -0.1) is 0 Å². The first-order chi connectivity index (χ1) is 12.6. The summed E-state index contributed by atoms with van der Waals surface area (Å²) >= 11 is 0. The lowest BCUT2D eigenvalue weighted by atomic mass is 10.2. The number of rotatable bonds is 6. The minimum atomic E-state index is -0.541. The molecule has 0 bridgehead atoms. The van der Waals surface area contributed by atoms with Crippen LogP contribution in [0.25, 0.3) is 0 Å². The summed E-state index contributed by atoms with van der Waals surface area (Å²) in [6.45, 7) is 0. The normalized spacial score (nSPS) is 10.7. The fourth-order valence-corrected chi connectivity index (χ4v) is 2.17. The molecular formula is C19H14FN3O3. The Morgan fingerprint density at radius 1 is 1.04 bits per heavy atom. The number of hydrogen-bond donors (Lipinski definition) is 1. The zero-order valence-electron chi connectivity index (χ0n) is 13.5. The van der Waals surface area contributed by atoms with Crippen LogP contribution in [-0.2, 0) is 0 Å². The van der Waals surface area contributed by atoms with Gasteiger partial charge in [0.05, 0.1) is 16.8 Å². The average Bonchev–Trinajstić information content (AvgIpc) is 2.65. The molecule has 3 aromatic rings. The van der Waals surface area contributed by atoms with E-state index in [0.717, 1.165) is 5.69 Å². The van der Waals surface area contributed by atoms with Crippen molar-refractivity contribution in [1.29, 1.82) is 0 Å². The molecule has 26 heavy (non-hydrogen) atoms. The maximum absolute atomic E-state index is 12.9. The van der Waals surface area contributed by atoms with Crippen molar-refractivity contribution >= 4 is 17.6 Å². The number of nitrogens with one attached hydrogen (secondary N) is 1. The van der Waals surface area contributed by atoms with Crippen LogP contribution in [0.1, 0.15) is 5.56 Å². The van der Waals surface area contributed by atoms with Gasteiger partial charge in [-0.05, 0) is 48.5 Å². The summed E-state index contributed by atoms with van der Waals surface area (Å²) in [6.07, 6.45) is 1.47. The number of nitro benzene ring substituents is 1. The van der Waals surface area contributed by atoms with E-state index in [1.165, 1.54) is 42.6 Å². The van der Waals surface area contributed by atoms with Crippen LogP contribution in [0.2, 0.25) is 0 Å². The van der Waals surface area contributed by atoms with E-state index in [4.69, 9.17) is 4.74 Å². The van der Waals surface area contributed by atoms with Crippen molar-refractivity contribution in [2.45, 2.75) is 0 Å². The molecule has 0 aliphatic rings. The van der Waals surface area contributed by atoms with E-state index >= 15 is 0 Å². The minimum absolute atomic E-state index is 0.0646. The maximum Gasteiger partial charge on any atom is 0.312 e. The third-order valence-electron chi connectivity index (χ3n) is 3.40. The molecule has 6 nitrogen and oxygen atoms in total. The van der Waals surface area contributed by atoms with Gasteiger partial charge in [-0.1, -0.05) is 18.2 Å². The molecule has 0 saturated heterocycles. The van der Waals surface area contributed by atoms with Crippen molar-refractivity contribution in [2.24, 2.45) is 5.10 Å². The standard InChI is InChI=1S/C19H14FN3O3/c20-15-7-9-17(10-8-15)26-19-11-6-14(12-18(19)23(24)25)13-21-22-16-4-2-1-3-5-16/h1-13,22H. The number of anilines is 1. The smallest absolute Gasteiger partial charge is 0.312 e. The number of halogens is 1. The van der Waals surface area contributed by atoms with Crippen molar-refractivity contribution < 1.29 is 14.1 Å². The molecule has 1 N–H and O–H groups in total. The van der Waals surface area contributed by atoms with E-state index in [1.54, 1.807) is 6.07 Å². The molecule has 7 heteroatoms. The van der Waals surface area contributed by atoms with Crippen molar-refractivity contribution in [2.75, 3.05) is 5.43 Å². The van der Waals surface area contributed by atoms with Gasteiger partial charge in [0.25, 0.3) is 0 Å². The lowest BCUT2D eigenvalue weighted by Gasteiger charge is -2.07. The summed E-state index contributed by atoms with van der Waals surface area (Å²) in [5.41, 5.74) is 3.96. The lowest BCUT2D eigenvalue weighted by Crippen LogP contribution is -1.96. The van der Waals surface area contributed by atoms with Crippen LogP contribution in [0.15, 0.2) is 77.9 Å². The first kappa shape index (κ1) is 17.1. The molecule has 0 aliphatic carbocycles. The molecule has 0 saturated carbocycles. The van der Waals surface area contributed by atoms with E-state index in [-0.39, 0.29) is 11.4 Å². The molecule has 0 atom stereocenters. The molecular weight excluding hydrogens is 337 g/mol. The molecule has 0 unspecified atom stereocenters. The molecule has 0 heterocycles. The van der Waals surface area contributed by atoms with Crippen molar-refractivity contribution in [3.63, 3.8) is 0 Å². The summed E-state index contributed by atoms with van der Waals surface area (Å²) in [5, 5.41) is 15.4. The summed E-state index contributed by atoms with van der Waals surface area (Å²) in [7, 11) is 0.